The summed E-state index contributed by atoms with van der Waals surface area (Å²) >= 11 is 0. The number of aromatic amines is 1. The van der Waals surface area contributed by atoms with Crippen molar-refractivity contribution in [2.45, 2.75) is 12.6 Å². The summed E-state index contributed by atoms with van der Waals surface area (Å²) in [6.07, 6.45) is -0.152. The van der Waals surface area contributed by atoms with Gasteiger partial charge in [0.25, 0.3) is 5.56 Å². The third kappa shape index (κ3) is 4.08. The summed E-state index contributed by atoms with van der Waals surface area (Å²) in [6, 6.07) is 9.67. The zero-order chi connectivity index (χ0) is 20.4. The van der Waals surface area contributed by atoms with Gasteiger partial charge in [0.2, 0.25) is 0 Å². The van der Waals surface area contributed by atoms with Crippen LogP contribution in [0.25, 0.3) is 10.9 Å². The lowest BCUT2D eigenvalue weighted by atomic mass is 10.1. The third-order valence-electron chi connectivity index (χ3n) is 5.03. The van der Waals surface area contributed by atoms with Gasteiger partial charge >= 0.3 is 0 Å². The van der Waals surface area contributed by atoms with Crippen molar-refractivity contribution >= 4 is 10.9 Å². The maximum absolute atomic E-state index is 13.2. The molecule has 1 N–H and O–H groups in total. The van der Waals surface area contributed by atoms with Gasteiger partial charge in [-0.2, -0.15) is 0 Å². The van der Waals surface area contributed by atoms with Gasteiger partial charge < -0.3 is 19.2 Å². The van der Waals surface area contributed by atoms with Gasteiger partial charge in [-0.1, -0.05) is 12.1 Å². The second-order valence-electron chi connectivity index (χ2n) is 6.88. The molecule has 1 fully saturated rings. The standard InChI is InChI=1S/C21H22FN3O4/c1-27-17-9-15-16(10-18(17)28-2)23-20(24-21(15)26)12-25-7-8-29-19(11-25)13-3-5-14(22)6-4-13/h3-6,9-10,19H,7-8,11-12H2,1-2H3,(H,23,24,26). The van der Waals surface area contributed by atoms with Crippen LogP contribution in [0.1, 0.15) is 17.5 Å². The third-order valence-corrected chi connectivity index (χ3v) is 5.03. The van der Waals surface area contributed by atoms with Crippen LogP contribution in [0.4, 0.5) is 4.39 Å². The van der Waals surface area contributed by atoms with Gasteiger partial charge in [0.15, 0.2) is 11.5 Å². The van der Waals surface area contributed by atoms with Crippen molar-refractivity contribution in [1.82, 2.24) is 14.9 Å². The molecule has 29 heavy (non-hydrogen) atoms. The first kappa shape index (κ1) is 19.4. The Hall–Kier alpha value is -2.97. The van der Waals surface area contributed by atoms with Gasteiger partial charge in [-0.05, 0) is 23.8 Å². The maximum Gasteiger partial charge on any atom is 0.258 e. The number of aromatic nitrogens is 2. The average molecular weight is 399 g/mol. The molecule has 1 saturated heterocycles. The molecule has 3 aromatic rings. The monoisotopic (exact) mass is 399 g/mol. The predicted octanol–water partition coefficient (Wildman–Crippen LogP) is 2.65. The summed E-state index contributed by atoms with van der Waals surface area (Å²) in [5.41, 5.74) is 1.24. The molecule has 1 unspecified atom stereocenters. The van der Waals surface area contributed by atoms with Gasteiger partial charge in [-0.3, -0.25) is 9.69 Å². The second kappa shape index (κ2) is 8.18. The van der Waals surface area contributed by atoms with E-state index in [1.165, 1.54) is 19.2 Å². The summed E-state index contributed by atoms with van der Waals surface area (Å²) < 4.78 is 29.6. The summed E-state index contributed by atoms with van der Waals surface area (Å²) in [5.74, 6) is 1.29. The Morgan fingerprint density at radius 2 is 1.93 bits per heavy atom. The van der Waals surface area contributed by atoms with Crippen LogP contribution in [0.5, 0.6) is 11.5 Å². The van der Waals surface area contributed by atoms with Crippen LogP contribution in [-0.4, -0.2) is 48.8 Å². The molecule has 2 aromatic carbocycles. The Morgan fingerprint density at radius 1 is 1.21 bits per heavy atom. The van der Waals surface area contributed by atoms with Crippen LogP contribution < -0.4 is 15.0 Å². The first-order valence-electron chi connectivity index (χ1n) is 9.31. The number of H-pyrrole nitrogens is 1. The Bertz CT molecular complexity index is 1070. The maximum atomic E-state index is 13.2. The van der Waals surface area contributed by atoms with Crippen molar-refractivity contribution in [3.63, 3.8) is 0 Å². The summed E-state index contributed by atoms with van der Waals surface area (Å²) in [4.78, 5) is 22.2. The van der Waals surface area contributed by atoms with E-state index in [1.54, 1.807) is 31.4 Å². The zero-order valence-electron chi connectivity index (χ0n) is 16.3. The van der Waals surface area contributed by atoms with Gasteiger partial charge in [0.1, 0.15) is 11.6 Å². The molecule has 1 atom stereocenters. The molecule has 1 aliphatic heterocycles. The first-order valence-corrected chi connectivity index (χ1v) is 9.31. The molecule has 2 heterocycles. The van der Waals surface area contributed by atoms with Crippen molar-refractivity contribution in [1.29, 1.82) is 0 Å². The fourth-order valence-corrected chi connectivity index (χ4v) is 3.53. The quantitative estimate of drug-likeness (QED) is 0.711. The van der Waals surface area contributed by atoms with Crippen molar-refractivity contribution in [2.75, 3.05) is 33.9 Å². The highest BCUT2D eigenvalue weighted by Crippen LogP contribution is 2.30. The van der Waals surface area contributed by atoms with E-state index < -0.39 is 0 Å². The van der Waals surface area contributed by atoms with Gasteiger partial charge in [0.05, 0.1) is 44.4 Å². The fraction of sp³-hybridized carbons (Fsp3) is 0.333. The molecule has 0 aliphatic carbocycles. The molecule has 7 nitrogen and oxygen atoms in total. The molecular weight excluding hydrogens is 377 g/mol. The minimum Gasteiger partial charge on any atom is -0.493 e. The molecule has 1 aromatic heterocycles. The smallest absolute Gasteiger partial charge is 0.258 e. The topological polar surface area (TPSA) is 76.7 Å². The number of halogens is 1. The number of benzene rings is 2. The van der Waals surface area contributed by atoms with E-state index in [2.05, 4.69) is 14.9 Å². The number of rotatable bonds is 5. The van der Waals surface area contributed by atoms with Gasteiger partial charge in [0, 0.05) is 19.2 Å². The normalized spacial score (nSPS) is 17.4. The lowest BCUT2D eigenvalue weighted by Gasteiger charge is -2.32. The number of ether oxygens (including phenoxy) is 3. The highest BCUT2D eigenvalue weighted by molar-refractivity contribution is 5.81. The zero-order valence-corrected chi connectivity index (χ0v) is 16.3. The first-order chi connectivity index (χ1) is 14.1. The minimum atomic E-state index is -0.272. The van der Waals surface area contributed by atoms with Crippen molar-refractivity contribution in [3.8, 4) is 11.5 Å². The molecule has 8 heteroatoms. The molecule has 0 spiro atoms. The highest BCUT2D eigenvalue weighted by Gasteiger charge is 2.23. The van der Waals surface area contributed by atoms with Crippen molar-refractivity contribution in [2.24, 2.45) is 0 Å². The second-order valence-corrected chi connectivity index (χ2v) is 6.88. The number of hydrogen-bond donors (Lipinski definition) is 1. The van der Waals surface area contributed by atoms with E-state index >= 15 is 0 Å². The summed E-state index contributed by atoms with van der Waals surface area (Å²) in [6.45, 7) is 2.36. The summed E-state index contributed by atoms with van der Waals surface area (Å²) in [5, 5.41) is 0.442. The number of morpholine rings is 1. The lowest BCUT2D eigenvalue weighted by Crippen LogP contribution is -2.38. The molecule has 1 aliphatic rings. The molecule has 0 bridgehead atoms. The van der Waals surface area contributed by atoms with E-state index in [0.717, 1.165) is 5.56 Å². The Balaban J connectivity index is 1.57. The minimum absolute atomic E-state index is 0.152. The van der Waals surface area contributed by atoms with E-state index in [0.29, 0.717) is 54.5 Å². The van der Waals surface area contributed by atoms with Crippen LogP contribution >= 0.6 is 0 Å². The number of methoxy groups -OCH3 is 2. The molecular formula is C21H22FN3O4. The highest BCUT2D eigenvalue weighted by atomic mass is 19.1. The average Bonchev–Trinajstić information content (AvgIpc) is 2.73. The number of nitrogens with zero attached hydrogens (tertiary/aromatic N) is 2. The van der Waals surface area contributed by atoms with Crippen molar-refractivity contribution in [3.05, 3.63) is 64.0 Å². The SMILES string of the molecule is COc1cc2nc(CN3CCOC(c4ccc(F)cc4)C3)[nH]c(=O)c2cc1OC. The predicted molar refractivity (Wildman–Crippen MR) is 106 cm³/mol. The largest absolute Gasteiger partial charge is 0.493 e. The number of fused-ring (bicyclic) bond motifs is 1. The molecule has 0 saturated carbocycles. The fourth-order valence-electron chi connectivity index (χ4n) is 3.53. The Kier molecular flexibility index (Phi) is 5.46. The van der Waals surface area contributed by atoms with E-state index in [9.17, 15) is 9.18 Å². The number of nitrogens with one attached hydrogen (secondary N) is 1. The molecule has 152 valence electrons. The lowest BCUT2D eigenvalue weighted by molar-refractivity contribution is -0.0336. The van der Waals surface area contributed by atoms with Crippen LogP contribution in [-0.2, 0) is 11.3 Å². The molecule has 4 rings (SSSR count). The van der Waals surface area contributed by atoms with E-state index in [-0.39, 0.29) is 17.5 Å². The van der Waals surface area contributed by atoms with Crippen LogP contribution in [0, 0.1) is 5.82 Å². The van der Waals surface area contributed by atoms with Crippen molar-refractivity contribution < 1.29 is 18.6 Å². The van der Waals surface area contributed by atoms with Crippen LogP contribution in [0.15, 0.2) is 41.2 Å². The molecule has 0 amide bonds. The Morgan fingerprint density at radius 3 is 2.66 bits per heavy atom. The molecule has 0 radical (unpaired) electrons. The van der Waals surface area contributed by atoms with Gasteiger partial charge in [-0.15, -0.1) is 0 Å². The van der Waals surface area contributed by atoms with Crippen LogP contribution in [0.3, 0.4) is 0 Å². The van der Waals surface area contributed by atoms with E-state index in [1.807, 2.05) is 0 Å². The van der Waals surface area contributed by atoms with Crippen LogP contribution in [0.2, 0.25) is 0 Å². The van der Waals surface area contributed by atoms with E-state index in [4.69, 9.17) is 14.2 Å². The van der Waals surface area contributed by atoms with Gasteiger partial charge in [-0.25, -0.2) is 9.37 Å². The summed E-state index contributed by atoms with van der Waals surface area (Å²) in [7, 11) is 3.07. The Labute approximate surface area is 167 Å². The number of hydrogen-bond acceptors (Lipinski definition) is 6.